The first-order valence-corrected chi connectivity index (χ1v) is 6.13. The second-order valence-electron chi connectivity index (χ2n) is 4.43. The van der Waals surface area contributed by atoms with Crippen LogP contribution in [0.25, 0.3) is 0 Å². The molecule has 0 aromatic heterocycles. The number of halogens is 3. The Kier molecular flexibility index (Phi) is 4.19. The summed E-state index contributed by atoms with van der Waals surface area (Å²) in [5, 5.41) is 3.17. The molecule has 19 heavy (non-hydrogen) atoms. The number of nitrogens with one attached hydrogen (secondary N) is 1. The van der Waals surface area contributed by atoms with Crippen LogP contribution in [0.4, 0.5) is 13.2 Å². The van der Waals surface area contributed by atoms with Gasteiger partial charge in [0, 0.05) is 0 Å². The maximum absolute atomic E-state index is 12.8. The lowest BCUT2D eigenvalue weighted by Gasteiger charge is -2.24. The molecule has 1 aliphatic rings. The van der Waals surface area contributed by atoms with Crippen molar-refractivity contribution in [3.05, 3.63) is 23.8 Å². The van der Waals surface area contributed by atoms with Gasteiger partial charge in [0.1, 0.15) is 23.2 Å². The number of ether oxygens (including phenoxy) is 2. The van der Waals surface area contributed by atoms with E-state index in [0.29, 0.717) is 0 Å². The Morgan fingerprint density at radius 2 is 1.89 bits per heavy atom. The van der Waals surface area contributed by atoms with Crippen molar-refractivity contribution >= 4 is 0 Å². The van der Waals surface area contributed by atoms with Crippen LogP contribution in [0, 0.1) is 0 Å². The third-order valence-electron chi connectivity index (χ3n) is 3.07. The molecule has 0 unspecified atom stereocenters. The highest BCUT2D eigenvalue weighted by molar-refractivity contribution is 5.42. The smallest absolute Gasteiger partial charge is 0.420 e. The Hall–Kier alpha value is -1.43. The molecule has 0 spiro atoms. The van der Waals surface area contributed by atoms with E-state index in [-0.39, 0.29) is 17.6 Å². The quantitative estimate of drug-likeness (QED) is 0.920. The summed E-state index contributed by atoms with van der Waals surface area (Å²) in [6, 6.07) is 3.80. The van der Waals surface area contributed by atoms with Crippen molar-refractivity contribution in [2.24, 2.45) is 0 Å². The lowest BCUT2D eigenvalue weighted by Crippen LogP contribution is -2.34. The molecule has 0 amide bonds. The number of piperidine rings is 1. The largest absolute Gasteiger partial charge is 0.496 e. The molecule has 1 saturated heterocycles. The normalized spacial score (nSPS) is 17.3. The molecule has 0 radical (unpaired) electrons. The van der Waals surface area contributed by atoms with Gasteiger partial charge in [-0.05, 0) is 44.1 Å². The van der Waals surface area contributed by atoms with Crippen molar-refractivity contribution in [1.29, 1.82) is 0 Å². The Morgan fingerprint density at radius 3 is 2.47 bits per heavy atom. The molecule has 2 rings (SSSR count). The van der Waals surface area contributed by atoms with E-state index in [0.717, 1.165) is 32.0 Å². The fourth-order valence-electron chi connectivity index (χ4n) is 2.09. The predicted octanol–water partition coefficient (Wildman–Crippen LogP) is 2.84. The van der Waals surface area contributed by atoms with E-state index in [1.807, 2.05) is 0 Å². The zero-order valence-electron chi connectivity index (χ0n) is 10.6. The molecule has 1 fully saturated rings. The van der Waals surface area contributed by atoms with Crippen LogP contribution < -0.4 is 14.8 Å². The molecule has 0 aliphatic carbocycles. The molecule has 6 heteroatoms. The zero-order valence-corrected chi connectivity index (χ0v) is 10.6. The van der Waals surface area contributed by atoms with Crippen LogP contribution in [-0.4, -0.2) is 26.3 Å². The first kappa shape index (κ1) is 14.0. The first-order chi connectivity index (χ1) is 9.00. The summed E-state index contributed by atoms with van der Waals surface area (Å²) >= 11 is 0. The molecule has 1 aromatic carbocycles. The third kappa shape index (κ3) is 3.53. The van der Waals surface area contributed by atoms with Gasteiger partial charge in [-0.25, -0.2) is 0 Å². The summed E-state index contributed by atoms with van der Waals surface area (Å²) in [6.45, 7) is 1.65. The van der Waals surface area contributed by atoms with E-state index < -0.39 is 11.7 Å². The van der Waals surface area contributed by atoms with E-state index in [1.54, 1.807) is 0 Å². The van der Waals surface area contributed by atoms with E-state index in [1.165, 1.54) is 19.2 Å². The van der Waals surface area contributed by atoms with Gasteiger partial charge in [-0.1, -0.05) is 0 Å². The minimum absolute atomic E-state index is 0.0317. The van der Waals surface area contributed by atoms with Crippen molar-refractivity contribution in [2.45, 2.75) is 25.1 Å². The molecule has 1 heterocycles. The lowest BCUT2D eigenvalue weighted by atomic mass is 10.1. The summed E-state index contributed by atoms with van der Waals surface area (Å²) in [4.78, 5) is 0. The maximum Gasteiger partial charge on any atom is 0.420 e. The van der Waals surface area contributed by atoms with Crippen LogP contribution in [0.15, 0.2) is 18.2 Å². The molecule has 1 aromatic rings. The summed E-state index contributed by atoms with van der Waals surface area (Å²) < 4.78 is 48.9. The highest BCUT2D eigenvalue weighted by Crippen LogP contribution is 2.38. The number of alkyl halides is 3. The van der Waals surface area contributed by atoms with Crippen molar-refractivity contribution in [1.82, 2.24) is 5.32 Å². The first-order valence-electron chi connectivity index (χ1n) is 6.13. The Balaban J connectivity index is 2.17. The predicted molar refractivity (Wildman–Crippen MR) is 64.5 cm³/mol. The van der Waals surface area contributed by atoms with Crippen LogP contribution in [0.3, 0.4) is 0 Å². The number of hydrogen-bond acceptors (Lipinski definition) is 3. The van der Waals surface area contributed by atoms with Crippen LogP contribution in [-0.2, 0) is 6.18 Å². The van der Waals surface area contributed by atoms with E-state index >= 15 is 0 Å². The topological polar surface area (TPSA) is 30.5 Å². The number of hydrogen-bond donors (Lipinski definition) is 1. The summed E-state index contributed by atoms with van der Waals surface area (Å²) in [7, 11) is 1.22. The molecule has 1 N–H and O–H groups in total. The molecule has 0 saturated carbocycles. The van der Waals surface area contributed by atoms with Crippen molar-refractivity contribution in [3.63, 3.8) is 0 Å². The molecular formula is C13H16F3NO2. The van der Waals surface area contributed by atoms with Crippen LogP contribution in [0.2, 0.25) is 0 Å². The monoisotopic (exact) mass is 275 g/mol. The van der Waals surface area contributed by atoms with Gasteiger partial charge < -0.3 is 14.8 Å². The average Bonchev–Trinajstić information content (AvgIpc) is 2.39. The van der Waals surface area contributed by atoms with Crippen LogP contribution >= 0.6 is 0 Å². The van der Waals surface area contributed by atoms with Crippen LogP contribution in [0.1, 0.15) is 18.4 Å². The molecule has 0 bridgehead atoms. The van der Waals surface area contributed by atoms with Gasteiger partial charge in [0.05, 0.1) is 7.11 Å². The average molecular weight is 275 g/mol. The van der Waals surface area contributed by atoms with E-state index in [4.69, 9.17) is 9.47 Å². The van der Waals surface area contributed by atoms with Crippen molar-refractivity contribution in [3.8, 4) is 11.5 Å². The minimum Gasteiger partial charge on any atom is -0.496 e. The fraction of sp³-hybridized carbons (Fsp3) is 0.538. The van der Waals surface area contributed by atoms with Gasteiger partial charge >= 0.3 is 6.18 Å². The van der Waals surface area contributed by atoms with Crippen molar-refractivity contribution < 1.29 is 22.6 Å². The zero-order chi connectivity index (χ0) is 13.9. The van der Waals surface area contributed by atoms with Gasteiger partial charge in [0.15, 0.2) is 0 Å². The second-order valence-corrected chi connectivity index (χ2v) is 4.43. The van der Waals surface area contributed by atoms with Gasteiger partial charge in [-0.2, -0.15) is 13.2 Å². The molecule has 3 nitrogen and oxygen atoms in total. The van der Waals surface area contributed by atoms with Crippen LogP contribution in [0.5, 0.6) is 11.5 Å². The summed E-state index contributed by atoms with van der Waals surface area (Å²) in [6.07, 6.45) is -2.88. The van der Waals surface area contributed by atoms with Gasteiger partial charge in [-0.3, -0.25) is 0 Å². The van der Waals surface area contributed by atoms with E-state index in [9.17, 15) is 13.2 Å². The standard InChI is InChI=1S/C13H16F3NO2/c1-18-12-3-2-10(8-11(12)13(14,15)16)19-9-4-6-17-7-5-9/h2-3,8-9,17H,4-7H2,1H3. The molecular weight excluding hydrogens is 259 g/mol. The number of benzene rings is 1. The Morgan fingerprint density at radius 1 is 1.21 bits per heavy atom. The Labute approximate surface area is 109 Å². The van der Waals surface area contributed by atoms with Gasteiger partial charge in [0.2, 0.25) is 0 Å². The third-order valence-corrected chi connectivity index (χ3v) is 3.07. The molecule has 0 atom stereocenters. The maximum atomic E-state index is 12.8. The Bertz CT molecular complexity index is 428. The highest BCUT2D eigenvalue weighted by atomic mass is 19.4. The van der Waals surface area contributed by atoms with E-state index in [2.05, 4.69) is 5.32 Å². The lowest BCUT2D eigenvalue weighted by molar-refractivity contribution is -0.138. The number of methoxy groups -OCH3 is 1. The second kappa shape index (κ2) is 5.69. The van der Waals surface area contributed by atoms with Gasteiger partial charge in [0.25, 0.3) is 0 Å². The highest BCUT2D eigenvalue weighted by Gasteiger charge is 2.35. The fourth-order valence-corrected chi connectivity index (χ4v) is 2.09. The molecule has 1 aliphatic heterocycles. The van der Waals surface area contributed by atoms with Crippen molar-refractivity contribution in [2.75, 3.05) is 20.2 Å². The SMILES string of the molecule is COc1ccc(OC2CCNCC2)cc1C(F)(F)F. The molecule has 106 valence electrons. The summed E-state index contributed by atoms with van der Waals surface area (Å²) in [5.41, 5.74) is -0.804. The van der Waals surface area contributed by atoms with Gasteiger partial charge in [-0.15, -0.1) is 0 Å². The minimum atomic E-state index is -4.45. The number of rotatable bonds is 3. The summed E-state index contributed by atoms with van der Waals surface area (Å²) in [5.74, 6) is 0.0465.